The van der Waals surface area contributed by atoms with Crippen LogP contribution in [0.4, 0.5) is 0 Å². The number of benzene rings is 1. The molecule has 3 rings (SSSR count). The first kappa shape index (κ1) is 19.0. The second kappa shape index (κ2) is 7.45. The van der Waals surface area contributed by atoms with Gasteiger partial charge in [-0.1, -0.05) is 6.07 Å². The van der Waals surface area contributed by atoms with Crippen LogP contribution in [-0.2, 0) is 14.9 Å². The predicted molar refractivity (Wildman–Crippen MR) is 99.9 cm³/mol. The molecule has 0 saturated carbocycles. The minimum absolute atomic E-state index is 0.0156. The fourth-order valence-corrected chi connectivity index (χ4v) is 3.56. The number of carbonyl (C=O) groups excluding carboxylic acids is 1. The average molecular weight is 362 g/mol. The summed E-state index contributed by atoms with van der Waals surface area (Å²) < 4.78 is 16.7. The smallest absolute Gasteiger partial charge is 0.230 e. The highest BCUT2D eigenvalue weighted by atomic mass is 16.6. The summed E-state index contributed by atoms with van der Waals surface area (Å²) >= 11 is 0. The van der Waals surface area contributed by atoms with Gasteiger partial charge in [-0.3, -0.25) is 4.79 Å². The Hall–Kier alpha value is -1.79. The van der Waals surface area contributed by atoms with E-state index in [2.05, 4.69) is 24.3 Å². The zero-order valence-electron chi connectivity index (χ0n) is 16.3. The van der Waals surface area contributed by atoms with Crippen LogP contribution >= 0.6 is 0 Å². The van der Waals surface area contributed by atoms with Gasteiger partial charge in [0.25, 0.3) is 0 Å². The van der Waals surface area contributed by atoms with Crippen molar-refractivity contribution in [3.63, 3.8) is 0 Å². The normalized spacial score (nSPS) is 19.3. The van der Waals surface area contributed by atoms with Crippen molar-refractivity contribution < 1.29 is 19.0 Å². The second-order valence-corrected chi connectivity index (χ2v) is 7.90. The van der Waals surface area contributed by atoms with Crippen LogP contribution in [0.5, 0.6) is 11.5 Å². The first-order valence-electron chi connectivity index (χ1n) is 9.29. The van der Waals surface area contributed by atoms with E-state index in [4.69, 9.17) is 14.2 Å². The molecular formula is C20H30N2O4. The SMILES string of the molecule is CN(C)C1(CNC(=O)C(C)(C)c2ccc3c(c2)OCCO3)CCOCC1. The van der Waals surface area contributed by atoms with Gasteiger partial charge in [0.1, 0.15) is 13.2 Å². The summed E-state index contributed by atoms with van der Waals surface area (Å²) in [7, 11) is 4.15. The lowest BCUT2D eigenvalue weighted by molar-refractivity contribution is -0.126. The summed E-state index contributed by atoms with van der Waals surface area (Å²) in [6, 6.07) is 5.76. The predicted octanol–water partition coefficient (Wildman–Crippen LogP) is 1.96. The maximum atomic E-state index is 13.0. The molecule has 1 amide bonds. The summed E-state index contributed by atoms with van der Waals surface area (Å²) in [5.74, 6) is 1.47. The first-order chi connectivity index (χ1) is 12.3. The van der Waals surface area contributed by atoms with Gasteiger partial charge in [0, 0.05) is 25.3 Å². The largest absolute Gasteiger partial charge is 0.486 e. The van der Waals surface area contributed by atoms with Crippen LogP contribution in [0.2, 0.25) is 0 Å². The Morgan fingerprint density at radius 1 is 1.12 bits per heavy atom. The van der Waals surface area contributed by atoms with Crippen LogP contribution in [0.1, 0.15) is 32.3 Å². The molecule has 6 heteroatoms. The summed E-state index contributed by atoms with van der Waals surface area (Å²) in [4.78, 5) is 15.2. The maximum absolute atomic E-state index is 13.0. The molecule has 26 heavy (non-hydrogen) atoms. The number of hydrogen-bond donors (Lipinski definition) is 1. The Labute approximate surface area is 155 Å². The Kier molecular flexibility index (Phi) is 5.44. The van der Waals surface area contributed by atoms with E-state index >= 15 is 0 Å². The fraction of sp³-hybridized carbons (Fsp3) is 0.650. The van der Waals surface area contributed by atoms with Crippen LogP contribution in [-0.4, -0.2) is 63.4 Å². The molecule has 2 heterocycles. The van der Waals surface area contributed by atoms with E-state index in [9.17, 15) is 4.79 Å². The van der Waals surface area contributed by atoms with Crippen molar-refractivity contribution in [3.05, 3.63) is 23.8 Å². The van der Waals surface area contributed by atoms with Gasteiger partial charge >= 0.3 is 0 Å². The van der Waals surface area contributed by atoms with Crippen molar-refractivity contribution in [1.82, 2.24) is 10.2 Å². The number of nitrogens with zero attached hydrogens (tertiary/aromatic N) is 1. The molecule has 0 aromatic heterocycles. The molecule has 6 nitrogen and oxygen atoms in total. The highest BCUT2D eigenvalue weighted by Gasteiger charge is 2.37. The molecule has 0 aliphatic carbocycles. The van der Waals surface area contributed by atoms with E-state index in [1.54, 1.807) is 0 Å². The number of amides is 1. The van der Waals surface area contributed by atoms with Crippen molar-refractivity contribution >= 4 is 5.91 Å². The number of nitrogens with one attached hydrogen (secondary N) is 1. The number of carbonyl (C=O) groups is 1. The van der Waals surface area contributed by atoms with Gasteiger partial charge in [-0.05, 0) is 58.5 Å². The molecule has 1 aromatic carbocycles. The molecule has 1 N–H and O–H groups in total. The van der Waals surface area contributed by atoms with Gasteiger partial charge in [-0.25, -0.2) is 0 Å². The van der Waals surface area contributed by atoms with Crippen LogP contribution < -0.4 is 14.8 Å². The van der Waals surface area contributed by atoms with Gasteiger partial charge in [0.15, 0.2) is 11.5 Å². The topological polar surface area (TPSA) is 60.0 Å². The van der Waals surface area contributed by atoms with E-state index in [-0.39, 0.29) is 11.4 Å². The third-order valence-corrected chi connectivity index (χ3v) is 5.78. The monoisotopic (exact) mass is 362 g/mol. The fourth-order valence-electron chi connectivity index (χ4n) is 3.56. The summed E-state index contributed by atoms with van der Waals surface area (Å²) in [6.07, 6.45) is 1.84. The van der Waals surface area contributed by atoms with Crippen LogP contribution in [0.15, 0.2) is 18.2 Å². The van der Waals surface area contributed by atoms with Crippen molar-refractivity contribution in [2.75, 3.05) is 47.1 Å². The lowest BCUT2D eigenvalue weighted by Crippen LogP contribution is -2.57. The molecule has 1 saturated heterocycles. The number of hydrogen-bond acceptors (Lipinski definition) is 5. The molecule has 144 valence electrons. The number of rotatable bonds is 5. The molecule has 0 atom stereocenters. The van der Waals surface area contributed by atoms with Crippen molar-refractivity contribution in [2.24, 2.45) is 0 Å². The van der Waals surface area contributed by atoms with E-state index in [1.165, 1.54) is 0 Å². The number of ether oxygens (including phenoxy) is 3. The van der Waals surface area contributed by atoms with Gasteiger partial charge in [0.2, 0.25) is 5.91 Å². The number of likely N-dealkylation sites (N-methyl/N-ethyl adjacent to an activating group) is 1. The third-order valence-electron chi connectivity index (χ3n) is 5.78. The molecule has 2 aliphatic heterocycles. The summed E-state index contributed by atoms with van der Waals surface area (Å²) in [5, 5.41) is 3.19. The Morgan fingerprint density at radius 2 is 1.77 bits per heavy atom. The highest BCUT2D eigenvalue weighted by Crippen LogP contribution is 2.35. The van der Waals surface area contributed by atoms with E-state index in [1.807, 2.05) is 32.0 Å². The third kappa shape index (κ3) is 3.67. The second-order valence-electron chi connectivity index (χ2n) is 7.90. The molecule has 1 aromatic rings. The molecule has 1 fully saturated rings. The van der Waals surface area contributed by atoms with E-state index in [0.717, 1.165) is 37.4 Å². The minimum Gasteiger partial charge on any atom is -0.486 e. The van der Waals surface area contributed by atoms with Gasteiger partial charge in [0.05, 0.1) is 5.41 Å². The minimum atomic E-state index is -0.658. The van der Waals surface area contributed by atoms with Crippen LogP contribution in [0, 0.1) is 0 Å². The average Bonchev–Trinajstić information content (AvgIpc) is 2.66. The molecular weight excluding hydrogens is 332 g/mol. The van der Waals surface area contributed by atoms with Crippen LogP contribution in [0.3, 0.4) is 0 Å². The van der Waals surface area contributed by atoms with Gasteiger partial charge < -0.3 is 24.4 Å². The van der Waals surface area contributed by atoms with Crippen LogP contribution in [0.25, 0.3) is 0 Å². The van der Waals surface area contributed by atoms with Gasteiger partial charge in [-0.2, -0.15) is 0 Å². The Balaban J connectivity index is 1.71. The molecule has 0 bridgehead atoms. The zero-order valence-corrected chi connectivity index (χ0v) is 16.3. The Bertz CT molecular complexity index is 651. The molecule has 0 unspecified atom stereocenters. The van der Waals surface area contributed by atoms with Crippen molar-refractivity contribution in [3.8, 4) is 11.5 Å². The molecule has 0 radical (unpaired) electrons. The van der Waals surface area contributed by atoms with Gasteiger partial charge in [-0.15, -0.1) is 0 Å². The summed E-state index contributed by atoms with van der Waals surface area (Å²) in [5.41, 5.74) is 0.218. The molecule has 2 aliphatic rings. The lowest BCUT2D eigenvalue weighted by Gasteiger charge is -2.43. The highest BCUT2D eigenvalue weighted by molar-refractivity contribution is 5.87. The van der Waals surface area contributed by atoms with Crippen molar-refractivity contribution in [2.45, 2.75) is 37.6 Å². The van der Waals surface area contributed by atoms with Crippen molar-refractivity contribution in [1.29, 1.82) is 0 Å². The standard InChI is InChI=1S/C20H30N2O4/c1-19(2,15-5-6-16-17(13-15)26-12-11-25-16)18(23)21-14-20(22(3)4)7-9-24-10-8-20/h5-6,13H,7-12,14H2,1-4H3,(H,21,23). The quantitative estimate of drug-likeness (QED) is 0.868. The molecule has 0 spiro atoms. The van der Waals surface area contributed by atoms with E-state index < -0.39 is 5.41 Å². The Morgan fingerprint density at radius 3 is 2.42 bits per heavy atom. The maximum Gasteiger partial charge on any atom is 0.230 e. The van der Waals surface area contributed by atoms with E-state index in [0.29, 0.717) is 25.5 Å². The zero-order chi connectivity index (χ0) is 18.8. The first-order valence-corrected chi connectivity index (χ1v) is 9.29. The lowest BCUT2D eigenvalue weighted by atomic mass is 9.82. The summed E-state index contributed by atoms with van der Waals surface area (Å²) in [6.45, 7) is 7.08. The number of fused-ring (bicyclic) bond motifs is 1.